The molecule has 2 rings (SSSR count). The van der Waals surface area contributed by atoms with Crippen molar-refractivity contribution < 1.29 is 14.6 Å². The van der Waals surface area contributed by atoms with E-state index in [2.05, 4.69) is 5.32 Å². The topological polar surface area (TPSA) is 58.6 Å². The highest BCUT2D eigenvalue weighted by atomic mass is 35.5. The second-order valence-corrected chi connectivity index (χ2v) is 6.26. The summed E-state index contributed by atoms with van der Waals surface area (Å²) in [5.41, 5.74) is 1.54. The molecule has 0 heterocycles. The van der Waals surface area contributed by atoms with Crippen molar-refractivity contribution in [3.8, 4) is 5.75 Å². The fourth-order valence-corrected chi connectivity index (χ4v) is 2.39. The fourth-order valence-electron chi connectivity index (χ4n) is 2.27. The van der Waals surface area contributed by atoms with Gasteiger partial charge in [0.1, 0.15) is 5.75 Å². The van der Waals surface area contributed by atoms with Gasteiger partial charge in [-0.05, 0) is 37.6 Å². The lowest BCUT2D eigenvalue weighted by atomic mass is 10.1. The van der Waals surface area contributed by atoms with Crippen LogP contribution < -0.4 is 10.1 Å². The van der Waals surface area contributed by atoms with E-state index in [0.29, 0.717) is 16.3 Å². The maximum absolute atomic E-state index is 12.1. The number of benzene rings is 2. The van der Waals surface area contributed by atoms with Crippen molar-refractivity contribution in [1.29, 1.82) is 0 Å². The third kappa shape index (κ3) is 5.55. The van der Waals surface area contributed by atoms with Crippen molar-refractivity contribution in [3.63, 3.8) is 0 Å². The molecule has 0 spiro atoms. The van der Waals surface area contributed by atoms with Gasteiger partial charge >= 0.3 is 0 Å². The number of ether oxygens (including phenoxy) is 1. The molecule has 0 bridgehead atoms. The van der Waals surface area contributed by atoms with E-state index in [-0.39, 0.29) is 25.0 Å². The summed E-state index contributed by atoms with van der Waals surface area (Å²) in [6.07, 6.45) is -0.523. The Morgan fingerprint density at radius 3 is 2.50 bits per heavy atom. The van der Waals surface area contributed by atoms with Crippen LogP contribution in [0.4, 0.5) is 0 Å². The van der Waals surface area contributed by atoms with Crippen LogP contribution in [0.1, 0.15) is 31.1 Å². The van der Waals surface area contributed by atoms with Crippen molar-refractivity contribution in [2.45, 2.75) is 32.5 Å². The SMILES string of the molecule is CC(C)Oc1ccccc1CC(=O)NCC(O)c1ccc(Cl)cc1. The third-order valence-electron chi connectivity index (χ3n) is 3.43. The molecule has 1 amide bonds. The second-order valence-electron chi connectivity index (χ2n) is 5.82. The number of aliphatic hydroxyl groups is 1. The van der Waals surface area contributed by atoms with Crippen molar-refractivity contribution in [2.24, 2.45) is 0 Å². The van der Waals surface area contributed by atoms with Gasteiger partial charge in [0.15, 0.2) is 0 Å². The molecule has 5 heteroatoms. The Morgan fingerprint density at radius 2 is 1.83 bits per heavy atom. The van der Waals surface area contributed by atoms with E-state index in [1.54, 1.807) is 24.3 Å². The fraction of sp³-hybridized carbons (Fsp3) is 0.316. The Hall–Kier alpha value is -2.04. The van der Waals surface area contributed by atoms with Crippen LogP contribution >= 0.6 is 11.6 Å². The lowest BCUT2D eigenvalue weighted by molar-refractivity contribution is -0.120. The molecule has 0 radical (unpaired) electrons. The molecule has 2 N–H and O–H groups in total. The number of carbonyl (C=O) groups excluding carboxylic acids is 1. The first-order chi connectivity index (χ1) is 11.5. The summed E-state index contributed by atoms with van der Waals surface area (Å²) in [4.78, 5) is 12.1. The molecular formula is C19H22ClNO3. The summed E-state index contributed by atoms with van der Waals surface area (Å²) in [5, 5.41) is 13.5. The lowest BCUT2D eigenvalue weighted by Crippen LogP contribution is -2.29. The zero-order valence-corrected chi connectivity index (χ0v) is 14.6. The molecule has 0 aromatic heterocycles. The van der Waals surface area contributed by atoms with Gasteiger partial charge in [0.25, 0.3) is 0 Å². The van der Waals surface area contributed by atoms with Gasteiger partial charge in [0.2, 0.25) is 5.91 Å². The van der Waals surface area contributed by atoms with Gasteiger partial charge in [-0.2, -0.15) is 0 Å². The normalized spacial score (nSPS) is 12.0. The van der Waals surface area contributed by atoms with Crippen molar-refractivity contribution in [3.05, 3.63) is 64.7 Å². The molecule has 0 aliphatic heterocycles. The molecule has 4 nitrogen and oxygen atoms in total. The number of amides is 1. The number of hydrogen-bond donors (Lipinski definition) is 2. The van der Waals surface area contributed by atoms with E-state index in [1.165, 1.54) is 0 Å². The number of para-hydroxylation sites is 1. The smallest absolute Gasteiger partial charge is 0.224 e. The maximum Gasteiger partial charge on any atom is 0.224 e. The second kappa shape index (κ2) is 8.71. The number of halogens is 1. The molecule has 2 aromatic carbocycles. The molecule has 128 valence electrons. The molecule has 0 aliphatic carbocycles. The average molecular weight is 348 g/mol. The van der Waals surface area contributed by atoms with Crippen molar-refractivity contribution in [1.82, 2.24) is 5.32 Å². The highest BCUT2D eigenvalue weighted by Crippen LogP contribution is 2.20. The van der Waals surface area contributed by atoms with Crippen LogP contribution in [0.3, 0.4) is 0 Å². The monoisotopic (exact) mass is 347 g/mol. The summed E-state index contributed by atoms with van der Waals surface area (Å²) in [7, 11) is 0. The van der Waals surface area contributed by atoms with Crippen LogP contribution in [0.25, 0.3) is 0 Å². The van der Waals surface area contributed by atoms with Crippen LogP contribution in [0.5, 0.6) is 5.75 Å². The summed E-state index contributed by atoms with van der Waals surface area (Å²) in [5.74, 6) is 0.545. The first-order valence-corrected chi connectivity index (χ1v) is 8.28. The minimum absolute atomic E-state index is 0.0425. The standard InChI is InChI=1S/C19H22ClNO3/c1-13(2)24-18-6-4-3-5-15(18)11-19(23)21-12-17(22)14-7-9-16(20)10-8-14/h3-10,13,17,22H,11-12H2,1-2H3,(H,21,23). The quantitative estimate of drug-likeness (QED) is 0.805. The van der Waals surface area contributed by atoms with Crippen molar-refractivity contribution >= 4 is 17.5 Å². The summed E-state index contributed by atoms with van der Waals surface area (Å²) < 4.78 is 5.71. The molecule has 24 heavy (non-hydrogen) atoms. The molecule has 1 unspecified atom stereocenters. The third-order valence-corrected chi connectivity index (χ3v) is 3.69. The Labute approximate surface area is 147 Å². The number of hydrogen-bond acceptors (Lipinski definition) is 3. The zero-order chi connectivity index (χ0) is 17.5. The molecule has 0 saturated heterocycles. The first kappa shape index (κ1) is 18.3. The summed E-state index contributed by atoms with van der Waals surface area (Å²) in [6.45, 7) is 4.03. The van der Waals surface area contributed by atoms with E-state index in [9.17, 15) is 9.90 Å². The molecule has 1 atom stereocenters. The van der Waals surface area contributed by atoms with E-state index in [0.717, 1.165) is 5.56 Å². The van der Waals surface area contributed by atoms with Gasteiger partial charge in [0.05, 0.1) is 18.6 Å². The predicted molar refractivity (Wildman–Crippen MR) is 95.3 cm³/mol. The summed E-state index contributed by atoms with van der Waals surface area (Å²) >= 11 is 5.82. The van der Waals surface area contributed by atoms with E-state index < -0.39 is 6.10 Å². The van der Waals surface area contributed by atoms with Gasteiger partial charge in [-0.15, -0.1) is 0 Å². The van der Waals surface area contributed by atoms with Crippen LogP contribution in [-0.2, 0) is 11.2 Å². The molecule has 0 aliphatic rings. The largest absolute Gasteiger partial charge is 0.491 e. The average Bonchev–Trinajstić information content (AvgIpc) is 2.54. The maximum atomic E-state index is 12.1. The number of aliphatic hydroxyl groups excluding tert-OH is 1. The van der Waals surface area contributed by atoms with Gasteiger partial charge in [-0.1, -0.05) is 41.9 Å². The highest BCUT2D eigenvalue weighted by Gasteiger charge is 2.12. The lowest BCUT2D eigenvalue weighted by Gasteiger charge is -2.15. The number of carbonyl (C=O) groups is 1. The van der Waals surface area contributed by atoms with Gasteiger partial charge in [-0.25, -0.2) is 0 Å². The molecule has 0 saturated carbocycles. The molecule has 2 aromatic rings. The minimum atomic E-state index is -0.770. The van der Waals surface area contributed by atoms with Gasteiger partial charge < -0.3 is 15.2 Å². The highest BCUT2D eigenvalue weighted by molar-refractivity contribution is 6.30. The first-order valence-electron chi connectivity index (χ1n) is 7.90. The van der Waals surface area contributed by atoms with E-state index >= 15 is 0 Å². The summed E-state index contributed by atoms with van der Waals surface area (Å²) in [6, 6.07) is 14.4. The van der Waals surface area contributed by atoms with Crippen LogP contribution in [0.15, 0.2) is 48.5 Å². The van der Waals surface area contributed by atoms with Crippen LogP contribution in [0.2, 0.25) is 5.02 Å². The molecule has 0 fully saturated rings. The zero-order valence-electron chi connectivity index (χ0n) is 13.8. The minimum Gasteiger partial charge on any atom is -0.491 e. The van der Waals surface area contributed by atoms with Crippen LogP contribution in [-0.4, -0.2) is 23.7 Å². The number of nitrogens with one attached hydrogen (secondary N) is 1. The number of rotatable bonds is 7. The van der Waals surface area contributed by atoms with Crippen molar-refractivity contribution in [2.75, 3.05) is 6.54 Å². The Bertz CT molecular complexity index is 671. The van der Waals surface area contributed by atoms with Gasteiger partial charge in [-0.3, -0.25) is 4.79 Å². The predicted octanol–water partition coefficient (Wildman–Crippen LogP) is 3.52. The Morgan fingerprint density at radius 1 is 1.17 bits per heavy atom. The van der Waals surface area contributed by atoms with E-state index in [4.69, 9.17) is 16.3 Å². The van der Waals surface area contributed by atoms with Crippen LogP contribution in [0, 0.1) is 0 Å². The van der Waals surface area contributed by atoms with Gasteiger partial charge in [0, 0.05) is 17.1 Å². The Kier molecular flexibility index (Phi) is 6.64. The Balaban J connectivity index is 1.90. The molecular weight excluding hydrogens is 326 g/mol. The van der Waals surface area contributed by atoms with E-state index in [1.807, 2.05) is 38.1 Å².